The van der Waals surface area contributed by atoms with Crippen LogP contribution in [-0.2, 0) is 20.5 Å². The molecule has 1 aliphatic carbocycles. The van der Waals surface area contributed by atoms with Crippen LogP contribution in [0.5, 0.6) is 0 Å². The minimum atomic E-state index is -4.43. The van der Waals surface area contributed by atoms with Gasteiger partial charge in [0.25, 0.3) is 0 Å². The molecule has 2 aliphatic rings. The van der Waals surface area contributed by atoms with Crippen LogP contribution in [-0.4, -0.2) is 36.5 Å². The first kappa shape index (κ1) is 16.8. The highest BCUT2D eigenvalue weighted by atomic mass is 19.4. The van der Waals surface area contributed by atoms with Gasteiger partial charge in [0.1, 0.15) is 6.61 Å². The summed E-state index contributed by atoms with van der Waals surface area (Å²) in [5, 5.41) is 0. The van der Waals surface area contributed by atoms with Crippen LogP contribution in [0.25, 0.3) is 0 Å². The van der Waals surface area contributed by atoms with Gasteiger partial charge in [-0.15, -0.1) is 0 Å². The van der Waals surface area contributed by atoms with Crippen molar-refractivity contribution >= 4 is 11.9 Å². The standard InChI is InChI=1S/C17H18F3NO3/c18-17(19,20)14-5-2-1-4-11(14)12-10-13(12)16(23)24-9-8-21-7-3-6-15(21)22/h1-2,4-5,12-13H,3,6-10H2/t12-,13+/m1/s1. The number of hydrogen-bond acceptors (Lipinski definition) is 3. The summed E-state index contributed by atoms with van der Waals surface area (Å²) in [6, 6.07) is 5.35. The Hall–Kier alpha value is -2.05. The smallest absolute Gasteiger partial charge is 0.416 e. The number of esters is 1. The third-order valence-electron chi connectivity index (χ3n) is 4.54. The molecule has 1 saturated heterocycles. The van der Waals surface area contributed by atoms with Gasteiger partial charge in [-0.2, -0.15) is 13.2 Å². The number of hydrogen-bond donors (Lipinski definition) is 0. The van der Waals surface area contributed by atoms with Gasteiger partial charge in [-0.05, 0) is 30.4 Å². The molecule has 7 heteroatoms. The average molecular weight is 341 g/mol. The van der Waals surface area contributed by atoms with Crippen molar-refractivity contribution in [3.63, 3.8) is 0 Å². The van der Waals surface area contributed by atoms with Crippen molar-refractivity contribution in [3.8, 4) is 0 Å². The molecule has 130 valence electrons. The summed E-state index contributed by atoms with van der Waals surface area (Å²) in [5.74, 6) is -1.40. The minimum Gasteiger partial charge on any atom is -0.464 e. The van der Waals surface area contributed by atoms with E-state index in [1.807, 2.05) is 0 Å². The van der Waals surface area contributed by atoms with E-state index in [4.69, 9.17) is 4.74 Å². The molecular weight excluding hydrogens is 323 g/mol. The van der Waals surface area contributed by atoms with Crippen LogP contribution in [0.1, 0.15) is 36.3 Å². The molecule has 2 fully saturated rings. The van der Waals surface area contributed by atoms with Crippen LogP contribution in [0.4, 0.5) is 13.2 Å². The first-order valence-corrected chi connectivity index (χ1v) is 7.98. The Morgan fingerprint density at radius 2 is 2.04 bits per heavy atom. The van der Waals surface area contributed by atoms with Gasteiger partial charge in [-0.1, -0.05) is 18.2 Å². The molecule has 0 spiro atoms. The van der Waals surface area contributed by atoms with Gasteiger partial charge in [0.15, 0.2) is 0 Å². The van der Waals surface area contributed by atoms with E-state index in [2.05, 4.69) is 0 Å². The lowest BCUT2D eigenvalue weighted by Gasteiger charge is -2.15. The van der Waals surface area contributed by atoms with Crippen molar-refractivity contribution in [2.24, 2.45) is 5.92 Å². The second-order valence-corrected chi connectivity index (χ2v) is 6.19. The molecule has 1 saturated carbocycles. The molecule has 24 heavy (non-hydrogen) atoms. The summed E-state index contributed by atoms with van der Waals surface area (Å²) in [4.78, 5) is 25.1. The number of carbonyl (C=O) groups excluding carboxylic acids is 2. The number of ether oxygens (including phenoxy) is 1. The molecule has 1 aliphatic heterocycles. The van der Waals surface area contributed by atoms with E-state index in [-0.39, 0.29) is 18.1 Å². The van der Waals surface area contributed by atoms with Crippen LogP contribution in [0.2, 0.25) is 0 Å². The van der Waals surface area contributed by atoms with Crippen LogP contribution in [0.15, 0.2) is 24.3 Å². The van der Waals surface area contributed by atoms with E-state index < -0.39 is 29.5 Å². The summed E-state index contributed by atoms with van der Waals surface area (Å²) in [6.45, 7) is 1.11. The molecule has 0 aromatic heterocycles. The normalized spacial score (nSPS) is 23.5. The maximum Gasteiger partial charge on any atom is 0.416 e. The molecule has 2 atom stereocenters. The van der Waals surface area contributed by atoms with Crippen LogP contribution < -0.4 is 0 Å². The van der Waals surface area contributed by atoms with Crippen LogP contribution in [0.3, 0.4) is 0 Å². The Morgan fingerprint density at radius 3 is 2.71 bits per heavy atom. The van der Waals surface area contributed by atoms with Gasteiger partial charge in [-0.25, -0.2) is 0 Å². The van der Waals surface area contributed by atoms with Crippen LogP contribution in [0, 0.1) is 5.92 Å². The lowest BCUT2D eigenvalue weighted by atomic mass is 10.0. The van der Waals surface area contributed by atoms with E-state index in [0.29, 0.717) is 25.9 Å². The molecular formula is C17H18F3NO3. The third kappa shape index (κ3) is 3.55. The highest BCUT2D eigenvalue weighted by Gasteiger charge is 2.48. The second kappa shape index (κ2) is 6.45. The molecule has 0 bridgehead atoms. The maximum atomic E-state index is 13.0. The van der Waals surface area contributed by atoms with E-state index in [0.717, 1.165) is 12.5 Å². The summed E-state index contributed by atoms with van der Waals surface area (Å²) in [6.07, 6.45) is -2.73. The van der Waals surface area contributed by atoms with E-state index in [1.54, 1.807) is 11.0 Å². The number of nitrogens with zero attached hydrogens (tertiary/aromatic N) is 1. The number of rotatable bonds is 5. The average Bonchev–Trinajstić information content (AvgIpc) is 3.24. The van der Waals surface area contributed by atoms with Crippen molar-refractivity contribution in [3.05, 3.63) is 35.4 Å². The van der Waals surface area contributed by atoms with Crippen molar-refractivity contribution in [1.82, 2.24) is 4.90 Å². The molecule has 0 radical (unpaired) electrons. The van der Waals surface area contributed by atoms with Crippen molar-refractivity contribution in [2.75, 3.05) is 19.7 Å². The SMILES string of the molecule is O=C(OCCN1CCCC1=O)[C@H]1C[C@@H]1c1ccccc1C(F)(F)F. The van der Waals surface area contributed by atoms with Gasteiger partial charge in [0, 0.05) is 13.0 Å². The molecule has 1 heterocycles. The molecule has 1 aromatic carbocycles. The Balaban J connectivity index is 1.54. The zero-order chi connectivity index (χ0) is 17.3. The van der Waals surface area contributed by atoms with E-state index in [9.17, 15) is 22.8 Å². The second-order valence-electron chi connectivity index (χ2n) is 6.19. The van der Waals surface area contributed by atoms with Crippen molar-refractivity contribution in [1.29, 1.82) is 0 Å². The van der Waals surface area contributed by atoms with E-state index >= 15 is 0 Å². The molecule has 4 nitrogen and oxygen atoms in total. The van der Waals surface area contributed by atoms with Gasteiger partial charge >= 0.3 is 12.1 Å². The first-order chi connectivity index (χ1) is 11.4. The molecule has 0 unspecified atom stereocenters. The predicted molar refractivity (Wildman–Crippen MR) is 79.1 cm³/mol. The summed E-state index contributed by atoms with van der Waals surface area (Å²) >= 11 is 0. The Morgan fingerprint density at radius 1 is 1.29 bits per heavy atom. The fraction of sp³-hybridized carbons (Fsp3) is 0.529. The Labute approximate surface area is 137 Å². The Bertz CT molecular complexity index is 644. The number of carbonyl (C=O) groups is 2. The van der Waals surface area contributed by atoms with Crippen LogP contribution >= 0.6 is 0 Å². The number of halogens is 3. The lowest BCUT2D eigenvalue weighted by molar-refractivity contribution is -0.147. The number of likely N-dealkylation sites (tertiary alicyclic amines) is 1. The van der Waals surface area contributed by atoms with E-state index in [1.165, 1.54) is 12.1 Å². The van der Waals surface area contributed by atoms with Crippen molar-refractivity contribution in [2.45, 2.75) is 31.4 Å². The molecule has 3 rings (SSSR count). The van der Waals surface area contributed by atoms with Gasteiger partial charge in [0.2, 0.25) is 5.91 Å². The number of benzene rings is 1. The minimum absolute atomic E-state index is 0.0504. The van der Waals surface area contributed by atoms with Gasteiger partial charge < -0.3 is 9.64 Å². The molecule has 1 aromatic rings. The fourth-order valence-electron chi connectivity index (χ4n) is 3.18. The highest BCUT2D eigenvalue weighted by Crippen LogP contribution is 2.51. The monoisotopic (exact) mass is 341 g/mol. The van der Waals surface area contributed by atoms with Gasteiger partial charge in [0.05, 0.1) is 18.0 Å². The highest BCUT2D eigenvalue weighted by molar-refractivity contribution is 5.79. The predicted octanol–water partition coefficient (Wildman–Crippen LogP) is 2.97. The van der Waals surface area contributed by atoms with Crippen molar-refractivity contribution < 1.29 is 27.5 Å². The molecule has 1 amide bonds. The zero-order valence-corrected chi connectivity index (χ0v) is 13.0. The number of alkyl halides is 3. The summed E-state index contributed by atoms with van der Waals surface area (Å²) < 4.78 is 44.2. The lowest BCUT2D eigenvalue weighted by Crippen LogP contribution is -2.29. The zero-order valence-electron chi connectivity index (χ0n) is 13.0. The molecule has 0 N–H and O–H groups in total. The summed E-state index contributed by atoms with van der Waals surface area (Å²) in [7, 11) is 0. The fourth-order valence-corrected chi connectivity index (χ4v) is 3.18. The summed E-state index contributed by atoms with van der Waals surface area (Å²) in [5.41, 5.74) is -0.533. The first-order valence-electron chi connectivity index (χ1n) is 7.98. The quantitative estimate of drug-likeness (QED) is 0.774. The Kier molecular flexibility index (Phi) is 4.51. The number of amides is 1. The van der Waals surface area contributed by atoms with Gasteiger partial charge in [-0.3, -0.25) is 9.59 Å². The topological polar surface area (TPSA) is 46.6 Å². The maximum absolute atomic E-state index is 13.0. The third-order valence-corrected chi connectivity index (χ3v) is 4.54. The largest absolute Gasteiger partial charge is 0.464 e.